The molecule has 2 aromatic rings. The molecule has 0 atom stereocenters. The molecule has 0 aromatic heterocycles. The Morgan fingerprint density at radius 1 is 1.03 bits per heavy atom. The Kier molecular flexibility index (Phi) is 9.12. The predicted molar refractivity (Wildman–Crippen MR) is 120 cm³/mol. The van der Waals surface area contributed by atoms with Gasteiger partial charge in [0.2, 0.25) is 0 Å². The molecule has 1 amide bonds. The van der Waals surface area contributed by atoms with Crippen molar-refractivity contribution in [1.29, 1.82) is 0 Å². The summed E-state index contributed by atoms with van der Waals surface area (Å²) in [4.78, 5) is 30.7. The van der Waals surface area contributed by atoms with Crippen LogP contribution in [0.25, 0.3) is 0 Å². The molecule has 0 aliphatic heterocycles. The second-order valence-electron chi connectivity index (χ2n) is 6.52. The lowest BCUT2D eigenvalue weighted by Crippen LogP contribution is -2.28. The van der Waals surface area contributed by atoms with E-state index in [0.717, 1.165) is 5.56 Å². The average molecular weight is 446 g/mol. The monoisotopic (exact) mass is 446 g/mol. The summed E-state index contributed by atoms with van der Waals surface area (Å²) in [6.07, 6.45) is -0.373. The maximum Gasteiger partial charge on any atom is 0.336 e. The van der Waals surface area contributed by atoms with Gasteiger partial charge in [-0.1, -0.05) is 41.6 Å². The van der Waals surface area contributed by atoms with Gasteiger partial charge >= 0.3 is 7.60 Å². The topological polar surface area (TPSA) is 103 Å². The molecule has 8 nitrogen and oxygen atoms in total. The van der Waals surface area contributed by atoms with Gasteiger partial charge in [0.15, 0.2) is 11.5 Å². The van der Waals surface area contributed by atoms with E-state index in [0.29, 0.717) is 16.8 Å². The maximum absolute atomic E-state index is 13.0. The van der Waals surface area contributed by atoms with Crippen LogP contribution < -0.4 is 5.32 Å². The Labute approximate surface area is 182 Å². The van der Waals surface area contributed by atoms with E-state index in [2.05, 4.69) is 10.5 Å². The van der Waals surface area contributed by atoms with Crippen molar-refractivity contribution in [3.8, 4) is 0 Å². The number of carbonyl (C=O) groups excluding carboxylic acids is 2. The average Bonchev–Trinajstić information content (AvgIpc) is 2.74. The zero-order valence-electron chi connectivity index (χ0n) is 18.1. The number of nitrogens with one attached hydrogen (secondary N) is 1. The van der Waals surface area contributed by atoms with Crippen LogP contribution in [0.1, 0.15) is 35.3 Å². The minimum atomic E-state index is -3.59. The van der Waals surface area contributed by atoms with Gasteiger partial charge in [-0.15, -0.1) is 0 Å². The van der Waals surface area contributed by atoms with Gasteiger partial charge in [-0.2, -0.15) is 0 Å². The molecule has 0 bridgehead atoms. The number of nitrogens with zero attached hydrogens (tertiary/aromatic N) is 1. The lowest BCUT2D eigenvalue weighted by molar-refractivity contribution is -0.110. The summed E-state index contributed by atoms with van der Waals surface area (Å²) in [5, 5.41) is 6.40. The number of anilines is 1. The smallest absolute Gasteiger partial charge is 0.336 e. The SMILES string of the molecule is CCOP(=O)(C/C(=N/OC)C(=O)Nc1cc(C)ccc1C(=O)c1ccccc1)OCC. The molecule has 0 fully saturated rings. The first-order valence-corrected chi connectivity index (χ1v) is 11.6. The van der Waals surface area contributed by atoms with Gasteiger partial charge in [0.1, 0.15) is 13.3 Å². The molecule has 0 aliphatic rings. The highest BCUT2D eigenvalue weighted by atomic mass is 31.2. The van der Waals surface area contributed by atoms with Crippen molar-refractivity contribution in [3.63, 3.8) is 0 Å². The first-order chi connectivity index (χ1) is 14.8. The molecule has 2 aromatic carbocycles. The summed E-state index contributed by atoms with van der Waals surface area (Å²) in [5.74, 6) is -0.912. The van der Waals surface area contributed by atoms with E-state index in [1.807, 2.05) is 13.0 Å². The van der Waals surface area contributed by atoms with E-state index in [1.54, 1.807) is 56.3 Å². The minimum Gasteiger partial charge on any atom is -0.399 e. The van der Waals surface area contributed by atoms with E-state index in [9.17, 15) is 14.2 Å². The Bertz CT molecular complexity index is 981. The number of aryl methyl sites for hydroxylation is 1. The van der Waals surface area contributed by atoms with Gasteiger partial charge in [-0.25, -0.2) is 0 Å². The highest BCUT2D eigenvalue weighted by Crippen LogP contribution is 2.48. The first-order valence-electron chi connectivity index (χ1n) is 9.83. The molecule has 31 heavy (non-hydrogen) atoms. The number of amides is 1. The minimum absolute atomic E-state index is 0.146. The fraction of sp³-hybridized carbons (Fsp3) is 0.318. The fourth-order valence-corrected chi connectivity index (χ4v) is 4.47. The zero-order valence-corrected chi connectivity index (χ0v) is 19.0. The van der Waals surface area contributed by atoms with Crippen LogP contribution in [0.15, 0.2) is 53.7 Å². The molecular weight excluding hydrogens is 419 g/mol. The number of benzene rings is 2. The van der Waals surface area contributed by atoms with Crippen LogP contribution in [-0.2, 0) is 23.2 Å². The van der Waals surface area contributed by atoms with Gasteiger partial charge < -0.3 is 19.2 Å². The molecule has 0 heterocycles. The van der Waals surface area contributed by atoms with Gasteiger partial charge in [0.25, 0.3) is 5.91 Å². The molecule has 2 rings (SSSR count). The number of ketones is 1. The van der Waals surface area contributed by atoms with E-state index < -0.39 is 13.5 Å². The summed E-state index contributed by atoms with van der Waals surface area (Å²) in [6, 6.07) is 13.9. The Hall–Kier alpha value is -2.80. The van der Waals surface area contributed by atoms with Crippen molar-refractivity contribution in [3.05, 3.63) is 65.2 Å². The molecule has 0 aliphatic carbocycles. The van der Waals surface area contributed by atoms with Crippen molar-refractivity contribution in [1.82, 2.24) is 0 Å². The van der Waals surface area contributed by atoms with Gasteiger partial charge in [-0.3, -0.25) is 14.2 Å². The van der Waals surface area contributed by atoms with Crippen LogP contribution in [0.4, 0.5) is 5.69 Å². The van der Waals surface area contributed by atoms with Crippen LogP contribution in [0.3, 0.4) is 0 Å². The molecule has 0 spiro atoms. The third-order valence-electron chi connectivity index (χ3n) is 4.16. The van der Waals surface area contributed by atoms with Crippen LogP contribution >= 0.6 is 7.60 Å². The lowest BCUT2D eigenvalue weighted by Gasteiger charge is -2.18. The molecule has 9 heteroatoms. The fourth-order valence-electron chi connectivity index (χ4n) is 2.86. The molecule has 0 unspecified atom stereocenters. The van der Waals surface area contributed by atoms with Crippen molar-refractivity contribution in [2.24, 2.45) is 5.16 Å². The zero-order chi connectivity index (χ0) is 22.9. The summed E-state index contributed by atoms with van der Waals surface area (Å²) < 4.78 is 23.4. The molecule has 166 valence electrons. The van der Waals surface area contributed by atoms with Gasteiger partial charge in [0.05, 0.1) is 18.9 Å². The predicted octanol–water partition coefficient (Wildman–Crippen LogP) is 4.43. The van der Waals surface area contributed by atoms with E-state index in [-0.39, 0.29) is 30.9 Å². The van der Waals surface area contributed by atoms with E-state index >= 15 is 0 Å². The lowest BCUT2D eigenvalue weighted by atomic mass is 10.00. The van der Waals surface area contributed by atoms with Crippen molar-refractivity contribution in [2.75, 3.05) is 31.8 Å². The number of oxime groups is 1. The van der Waals surface area contributed by atoms with Crippen LogP contribution in [-0.4, -0.2) is 43.9 Å². The third-order valence-corrected chi connectivity index (χ3v) is 6.15. The van der Waals surface area contributed by atoms with Crippen LogP contribution in [0.2, 0.25) is 0 Å². The third kappa shape index (κ3) is 6.85. The molecule has 0 saturated carbocycles. The largest absolute Gasteiger partial charge is 0.399 e. The Morgan fingerprint density at radius 3 is 2.26 bits per heavy atom. The molecule has 0 radical (unpaired) electrons. The summed E-state index contributed by atoms with van der Waals surface area (Å²) in [5.41, 5.74) is 1.79. The molecule has 0 saturated heterocycles. The second kappa shape index (κ2) is 11.6. The van der Waals surface area contributed by atoms with Crippen molar-refractivity contribution >= 4 is 30.7 Å². The van der Waals surface area contributed by atoms with Crippen LogP contribution in [0.5, 0.6) is 0 Å². The van der Waals surface area contributed by atoms with E-state index in [4.69, 9.17) is 13.9 Å². The van der Waals surface area contributed by atoms with Crippen molar-refractivity contribution in [2.45, 2.75) is 20.8 Å². The number of hydrogen-bond donors (Lipinski definition) is 1. The number of carbonyl (C=O) groups is 2. The summed E-state index contributed by atoms with van der Waals surface area (Å²) in [7, 11) is -2.32. The standard InChI is InChI=1S/C22H27N2O6P/c1-5-29-31(27,30-6-2)15-20(24-28-4)22(26)23-19-14-16(3)12-13-18(19)21(25)17-10-8-7-9-11-17/h7-14H,5-6,15H2,1-4H3,(H,23,26)/b24-20-. The summed E-state index contributed by atoms with van der Waals surface area (Å²) in [6.45, 7) is 5.48. The van der Waals surface area contributed by atoms with Crippen molar-refractivity contribution < 1.29 is 28.0 Å². The first kappa shape index (κ1) is 24.5. The summed E-state index contributed by atoms with van der Waals surface area (Å²) >= 11 is 0. The number of rotatable bonds is 11. The highest BCUT2D eigenvalue weighted by molar-refractivity contribution is 7.55. The Morgan fingerprint density at radius 2 is 1.68 bits per heavy atom. The number of hydrogen-bond acceptors (Lipinski definition) is 7. The molecule has 1 N–H and O–H groups in total. The van der Waals surface area contributed by atoms with Gasteiger partial charge in [-0.05, 0) is 38.5 Å². The highest BCUT2D eigenvalue weighted by Gasteiger charge is 2.30. The Balaban J connectivity index is 2.34. The maximum atomic E-state index is 13.0. The van der Waals surface area contributed by atoms with Crippen LogP contribution in [0, 0.1) is 6.92 Å². The normalized spacial score (nSPS) is 11.8. The second-order valence-corrected chi connectivity index (χ2v) is 8.58. The van der Waals surface area contributed by atoms with E-state index in [1.165, 1.54) is 7.11 Å². The van der Waals surface area contributed by atoms with Gasteiger partial charge in [0, 0.05) is 11.1 Å². The molecular formula is C22H27N2O6P. The quantitative estimate of drug-likeness (QED) is 0.237.